The fourth-order valence-corrected chi connectivity index (χ4v) is 5.18. The summed E-state index contributed by atoms with van der Waals surface area (Å²) in [5.74, 6) is -0.773. The first-order valence-corrected chi connectivity index (χ1v) is 12.1. The van der Waals surface area contributed by atoms with Gasteiger partial charge in [0.15, 0.2) is 0 Å². The number of carbonyl (C=O) groups is 2. The fraction of sp³-hybridized carbons (Fsp3) is 0.115. The Morgan fingerprint density at radius 2 is 1.68 bits per heavy atom. The van der Waals surface area contributed by atoms with Crippen LogP contribution in [0.15, 0.2) is 89.5 Å². The van der Waals surface area contributed by atoms with Crippen LogP contribution in [-0.4, -0.2) is 17.1 Å². The monoisotopic (exact) mass is 507 g/mol. The zero-order chi connectivity index (χ0) is 24.1. The number of amides is 2. The van der Waals surface area contributed by atoms with E-state index in [0.29, 0.717) is 22.2 Å². The summed E-state index contributed by atoms with van der Waals surface area (Å²) in [6.45, 7) is 0.265. The van der Waals surface area contributed by atoms with Crippen LogP contribution in [0.25, 0.3) is 0 Å². The summed E-state index contributed by atoms with van der Waals surface area (Å²) >= 11 is 13.5. The molecule has 1 N–H and O–H groups in total. The molecule has 34 heavy (non-hydrogen) atoms. The number of nitrogens with one attached hydrogen (secondary N) is 1. The lowest BCUT2D eigenvalue weighted by Gasteiger charge is -2.19. The van der Waals surface area contributed by atoms with Gasteiger partial charge in [0.05, 0.1) is 5.25 Å². The van der Waals surface area contributed by atoms with Crippen molar-refractivity contribution in [3.63, 3.8) is 0 Å². The van der Waals surface area contributed by atoms with Crippen molar-refractivity contribution in [2.45, 2.75) is 18.2 Å². The van der Waals surface area contributed by atoms with Gasteiger partial charge in [-0.1, -0.05) is 83.5 Å². The van der Waals surface area contributed by atoms with Gasteiger partial charge in [0, 0.05) is 22.3 Å². The summed E-state index contributed by atoms with van der Waals surface area (Å²) in [6, 6.07) is 25.4. The van der Waals surface area contributed by atoms with Crippen molar-refractivity contribution >= 4 is 52.5 Å². The molecule has 1 unspecified atom stereocenters. The van der Waals surface area contributed by atoms with E-state index in [2.05, 4.69) is 5.32 Å². The van der Waals surface area contributed by atoms with E-state index in [0.717, 1.165) is 11.1 Å². The van der Waals surface area contributed by atoms with Gasteiger partial charge in [-0.15, -0.1) is 0 Å². The molecule has 4 rings (SSSR count). The van der Waals surface area contributed by atoms with Gasteiger partial charge in [0.1, 0.15) is 16.7 Å². The number of anilines is 1. The SMILES string of the molecule is N#CC(C(=O)NCc1ccccc1)=C1SC(Cc2ccccc2Cl)C(=O)N1c1ccc(Cl)cc1. The van der Waals surface area contributed by atoms with Gasteiger partial charge in [-0.25, -0.2) is 0 Å². The molecular formula is C26H19Cl2N3O2S. The normalized spacial score (nSPS) is 16.8. The Labute approximate surface area is 212 Å². The van der Waals surface area contributed by atoms with Crippen molar-refractivity contribution < 1.29 is 9.59 Å². The molecule has 1 atom stereocenters. The third kappa shape index (κ3) is 5.28. The first-order chi connectivity index (χ1) is 16.5. The van der Waals surface area contributed by atoms with Crippen molar-refractivity contribution in [2.24, 2.45) is 0 Å². The number of hydrogen-bond donors (Lipinski definition) is 1. The van der Waals surface area contributed by atoms with Gasteiger partial charge in [-0.2, -0.15) is 5.26 Å². The van der Waals surface area contributed by atoms with Gasteiger partial charge < -0.3 is 5.32 Å². The molecule has 0 aliphatic carbocycles. The summed E-state index contributed by atoms with van der Waals surface area (Å²) in [5.41, 5.74) is 2.13. The average molecular weight is 508 g/mol. The first-order valence-electron chi connectivity index (χ1n) is 10.4. The van der Waals surface area contributed by atoms with Crippen LogP contribution >= 0.6 is 35.0 Å². The molecule has 0 aromatic heterocycles. The molecule has 1 fully saturated rings. The Bertz CT molecular complexity index is 1290. The molecule has 5 nitrogen and oxygen atoms in total. The van der Waals surface area contributed by atoms with Crippen molar-refractivity contribution in [1.82, 2.24) is 5.32 Å². The summed E-state index contributed by atoms with van der Waals surface area (Å²) in [7, 11) is 0. The minimum Gasteiger partial charge on any atom is -0.347 e. The summed E-state index contributed by atoms with van der Waals surface area (Å²) in [4.78, 5) is 27.9. The maximum absolute atomic E-state index is 13.5. The van der Waals surface area contributed by atoms with Crippen LogP contribution < -0.4 is 10.2 Å². The van der Waals surface area contributed by atoms with E-state index in [-0.39, 0.29) is 23.1 Å². The molecule has 1 aliphatic heterocycles. The minimum atomic E-state index is -0.546. The summed E-state index contributed by atoms with van der Waals surface area (Å²) < 4.78 is 0. The van der Waals surface area contributed by atoms with Gasteiger partial charge in [-0.05, 0) is 47.9 Å². The average Bonchev–Trinajstić information content (AvgIpc) is 3.16. The quantitative estimate of drug-likeness (QED) is 0.341. The number of hydrogen-bond acceptors (Lipinski definition) is 4. The van der Waals surface area contributed by atoms with Gasteiger partial charge in [-0.3, -0.25) is 14.5 Å². The standard InChI is InChI=1S/C26H19Cl2N3O2S/c27-19-10-12-20(13-11-19)31-25(33)23(14-18-8-4-5-9-22(18)28)34-26(31)21(15-29)24(32)30-16-17-6-2-1-3-7-17/h1-13,23H,14,16H2,(H,30,32). The molecule has 3 aromatic rings. The zero-order valence-electron chi connectivity index (χ0n) is 17.9. The lowest BCUT2D eigenvalue weighted by molar-refractivity contribution is -0.117. The highest BCUT2D eigenvalue weighted by atomic mass is 35.5. The molecule has 0 spiro atoms. The van der Waals surface area contributed by atoms with Crippen molar-refractivity contribution in [1.29, 1.82) is 5.26 Å². The number of benzene rings is 3. The van der Waals surface area contributed by atoms with Crippen LogP contribution in [0.3, 0.4) is 0 Å². The fourth-order valence-electron chi connectivity index (χ4n) is 3.54. The maximum Gasteiger partial charge on any atom is 0.264 e. The predicted molar refractivity (Wildman–Crippen MR) is 136 cm³/mol. The Hall–Kier alpha value is -3.24. The summed E-state index contributed by atoms with van der Waals surface area (Å²) in [5, 5.41) is 13.5. The van der Waals surface area contributed by atoms with E-state index < -0.39 is 11.2 Å². The Morgan fingerprint density at radius 3 is 2.35 bits per heavy atom. The van der Waals surface area contributed by atoms with Gasteiger partial charge in [0.25, 0.3) is 5.91 Å². The Balaban J connectivity index is 1.68. The molecule has 170 valence electrons. The molecule has 1 heterocycles. The number of rotatable bonds is 6. The van der Waals surface area contributed by atoms with E-state index in [9.17, 15) is 14.9 Å². The van der Waals surface area contributed by atoms with Gasteiger partial charge in [0.2, 0.25) is 5.91 Å². The van der Waals surface area contributed by atoms with Crippen LogP contribution in [0.4, 0.5) is 5.69 Å². The smallest absolute Gasteiger partial charge is 0.264 e. The second kappa shape index (κ2) is 10.8. The van der Waals surface area contributed by atoms with E-state index in [4.69, 9.17) is 23.2 Å². The highest BCUT2D eigenvalue weighted by Gasteiger charge is 2.41. The second-order valence-corrected chi connectivity index (χ2v) is 9.55. The van der Waals surface area contributed by atoms with Crippen molar-refractivity contribution in [3.8, 4) is 6.07 Å². The molecule has 0 radical (unpaired) electrons. The third-order valence-corrected chi connectivity index (χ3v) is 7.13. The number of halogens is 2. The van der Waals surface area contributed by atoms with E-state index in [1.54, 1.807) is 30.3 Å². The maximum atomic E-state index is 13.5. The Morgan fingerprint density at radius 1 is 1.00 bits per heavy atom. The Kier molecular flexibility index (Phi) is 7.59. The van der Waals surface area contributed by atoms with Crippen LogP contribution in [0, 0.1) is 11.3 Å². The van der Waals surface area contributed by atoms with Crippen LogP contribution in [-0.2, 0) is 22.6 Å². The molecule has 3 aromatic carbocycles. The lowest BCUT2D eigenvalue weighted by atomic mass is 10.1. The minimum absolute atomic E-state index is 0.120. The summed E-state index contributed by atoms with van der Waals surface area (Å²) in [6.07, 6.45) is 0.362. The molecule has 0 bridgehead atoms. The lowest BCUT2D eigenvalue weighted by Crippen LogP contribution is -2.32. The van der Waals surface area contributed by atoms with Gasteiger partial charge >= 0.3 is 0 Å². The van der Waals surface area contributed by atoms with E-state index in [1.165, 1.54) is 16.7 Å². The van der Waals surface area contributed by atoms with E-state index in [1.807, 2.05) is 54.6 Å². The number of carbonyl (C=O) groups excluding carboxylic acids is 2. The topological polar surface area (TPSA) is 73.2 Å². The largest absolute Gasteiger partial charge is 0.347 e. The molecule has 2 amide bonds. The first kappa shape index (κ1) is 23.9. The molecule has 0 saturated carbocycles. The zero-order valence-corrected chi connectivity index (χ0v) is 20.2. The highest BCUT2D eigenvalue weighted by Crippen LogP contribution is 2.42. The number of thioether (sulfide) groups is 1. The van der Waals surface area contributed by atoms with Crippen molar-refractivity contribution in [2.75, 3.05) is 4.90 Å². The molecular weight excluding hydrogens is 489 g/mol. The third-order valence-electron chi connectivity index (χ3n) is 5.25. The number of nitriles is 1. The van der Waals surface area contributed by atoms with E-state index >= 15 is 0 Å². The van der Waals surface area contributed by atoms with Crippen LogP contribution in [0.2, 0.25) is 10.0 Å². The second-order valence-electron chi connectivity index (χ2n) is 7.51. The molecule has 8 heteroatoms. The number of nitrogens with zero attached hydrogens (tertiary/aromatic N) is 2. The van der Waals surface area contributed by atoms with Crippen LogP contribution in [0.5, 0.6) is 0 Å². The molecule has 1 saturated heterocycles. The predicted octanol–water partition coefficient (Wildman–Crippen LogP) is 5.74. The highest BCUT2D eigenvalue weighted by molar-refractivity contribution is 8.05. The molecule has 1 aliphatic rings. The van der Waals surface area contributed by atoms with Crippen LogP contribution in [0.1, 0.15) is 11.1 Å². The van der Waals surface area contributed by atoms with Crippen molar-refractivity contribution in [3.05, 3.63) is 111 Å².